The van der Waals surface area contributed by atoms with Crippen LogP contribution in [0.15, 0.2) is 24.3 Å². The van der Waals surface area contributed by atoms with Crippen LogP contribution in [0.1, 0.15) is 20.7 Å². The summed E-state index contributed by atoms with van der Waals surface area (Å²) in [5.41, 5.74) is 0.489. The van der Waals surface area contributed by atoms with Crippen molar-refractivity contribution in [3.63, 3.8) is 0 Å². The van der Waals surface area contributed by atoms with E-state index in [1.165, 1.54) is 0 Å². The minimum Gasteiger partial charge on any atom is -0.456 e. The Morgan fingerprint density at radius 1 is 0.750 bits per heavy atom. The molecule has 0 aliphatic rings. The quantitative estimate of drug-likeness (QED) is 0.531. The van der Waals surface area contributed by atoms with E-state index in [-0.39, 0.29) is 11.1 Å². The number of hydrogen-bond donors (Lipinski definition) is 0. The van der Waals surface area contributed by atoms with Gasteiger partial charge in [0.15, 0.2) is 0 Å². The van der Waals surface area contributed by atoms with Crippen LogP contribution in [-0.2, 0) is 9.47 Å². The summed E-state index contributed by atoms with van der Waals surface area (Å²) in [6.45, 7) is 1.99. The fraction of sp³-hybridized carbons (Fsp3) is 0.556. The summed E-state index contributed by atoms with van der Waals surface area (Å²) in [4.78, 5) is 24.5. The highest BCUT2D eigenvalue weighted by Gasteiger charge is 2.20. The van der Waals surface area contributed by atoms with Gasteiger partial charge in [0, 0.05) is 0 Å². The maximum absolute atomic E-state index is 12.2. The number of esters is 2. The molecule has 0 bridgehead atoms. The second kappa shape index (κ2) is 8.26. The summed E-state index contributed by atoms with van der Waals surface area (Å²) in [6, 6.07) is 6.59. The Morgan fingerprint density at radius 2 is 1.08 bits per heavy atom. The van der Waals surface area contributed by atoms with Crippen molar-refractivity contribution in [1.82, 2.24) is 0 Å². The molecule has 1 aromatic rings. The zero-order chi connectivity index (χ0) is 18.4. The van der Waals surface area contributed by atoms with E-state index < -0.39 is 11.9 Å². The maximum Gasteiger partial charge on any atom is 0.339 e. The Labute approximate surface area is 144 Å². The molecule has 0 N–H and O–H groups in total. The molecule has 24 heavy (non-hydrogen) atoms. The molecule has 0 aromatic heterocycles. The van der Waals surface area contributed by atoms with Crippen molar-refractivity contribution in [2.75, 3.05) is 68.6 Å². The monoisotopic (exact) mass is 338 g/mol. The van der Waals surface area contributed by atoms with Crippen LogP contribution in [0.4, 0.5) is 0 Å². The lowest BCUT2D eigenvalue weighted by atomic mass is 10.1. The first-order valence-corrected chi connectivity index (χ1v) is 8.04. The molecule has 6 nitrogen and oxygen atoms in total. The second-order valence-corrected chi connectivity index (χ2v) is 7.85. The van der Waals surface area contributed by atoms with Gasteiger partial charge in [-0.15, -0.1) is 0 Å². The summed E-state index contributed by atoms with van der Waals surface area (Å²) in [5, 5.41) is 0. The molecular formula is C18H30N2O4+2. The molecule has 1 rings (SSSR count). The minimum absolute atomic E-state index is 0.245. The van der Waals surface area contributed by atoms with Crippen LogP contribution in [0.5, 0.6) is 0 Å². The topological polar surface area (TPSA) is 52.6 Å². The number of benzene rings is 1. The molecule has 6 heteroatoms. The van der Waals surface area contributed by atoms with Crippen molar-refractivity contribution in [3.05, 3.63) is 35.4 Å². The minimum atomic E-state index is -0.498. The Hall–Kier alpha value is -1.92. The predicted octanol–water partition coefficient (Wildman–Crippen LogP) is 1.41. The fourth-order valence-electron chi connectivity index (χ4n) is 1.82. The van der Waals surface area contributed by atoms with Gasteiger partial charge in [0.05, 0.1) is 53.4 Å². The second-order valence-electron chi connectivity index (χ2n) is 7.85. The highest BCUT2D eigenvalue weighted by atomic mass is 16.5. The van der Waals surface area contributed by atoms with E-state index in [2.05, 4.69) is 0 Å². The summed E-state index contributed by atoms with van der Waals surface area (Å²) in [6.07, 6.45) is 0. The van der Waals surface area contributed by atoms with Gasteiger partial charge in [-0.3, -0.25) is 0 Å². The average molecular weight is 338 g/mol. The zero-order valence-corrected chi connectivity index (χ0v) is 15.7. The average Bonchev–Trinajstić information content (AvgIpc) is 2.44. The Bertz CT molecular complexity index is 520. The maximum atomic E-state index is 12.2. The van der Waals surface area contributed by atoms with Crippen LogP contribution in [-0.4, -0.2) is 89.5 Å². The van der Waals surface area contributed by atoms with Crippen molar-refractivity contribution in [2.45, 2.75) is 0 Å². The molecule has 0 saturated heterocycles. The van der Waals surface area contributed by atoms with E-state index in [0.29, 0.717) is 35.3 Å². The lowest BCUT2D eigenvalue weighted by molar-refractivity contribution is -0.870. The van der Waals surface area contributed by atoms with Gasteiger partial charge in [0.1, 0.15) is 26.3 Å². The molecule has 134 valence electrons. The zero-order valence-electron chi connectivity index (χ0n) is 15.7. The fourth-order valence-corrected chi connectivity index (χ4v) is 1.82. The molecule has 0 heterocycles. The largest absolute Gasteiger partial charge is 0.456 e. The highest BCUT2D eigenvalue weighted by Crippen LogP contribution is 2.12. The lowest BCUT2D eigenvalue weighted by Gasteiger charge is -2.23. The van der Waals surface area contributed by atoms with Crippen molar-refractivity contribution in [2.24, 2.45) is 0 Å². The van der Waals surface area contributed by atoms with Crippen LogP contribution in [0, 0.1) is 0 Å². The van der Waals surface area contributed by atoms with Gasteiger partial charge in [0.25, 0.3) is 0 Å². The summed E-state index contributed by atoms with van der Waals surface area (Å²) in [7, 11) is 12.1. The van der Waals surface area contributed by atoms with Crippen LogP contribution in [0.3, 0.4) is 0 Å². The van der Waals surface area contributed by atoms with Gasteiger partial charge in [0.2, 0.25) is 0 Å². The van der Waals surface area contributed by atoms with Gasteiger partial charge in [-0.25, -0.2) is 9.59 Å². The summed E-state index contributed by atoms with van der Waals surface area (Å²) < 4.78 is 12.0. The van der Waals surface area contributed by atoms with Crippen molar-refractivity contribution < 1.29 is 28.0 Å². The number of likely N-dealkylation sites (N-methyl/N-ethyl adjacent to an activating group) is 2. The van der Waals surface area contributed by atoms with Crippen molar-refractivity contribution in [1.29, 1.82) is 0 Å². The predicted molar refractivity (Wildman–Crippen MR) is 92.8 cm³/mol. The SMILES string of the molecule is C[N+](C)(C)CCOC(=O)c1ccccc1C(=O)OCC[N+](C)(C)C. The smallest absolute Gasteiger partial charge is 0.339 e. The molecule has 1 aromatic carbocycles. The number of quaternary nitrogens is 2. The molecule has 0 aliphatic carbocycles. The lowest BCUT2D eigenvalue weighted by Crippen LogP contribution is -2.38. The normalized spacial score (nSPS) is 11.9. The van der Waals surface area contributed by atoms with Crippen molar-refractivity contribution >= 4 is 11.9 Å². The van der Waals surface area contributed by atoms with Crippen molar-refractivity contribution in [3.8, 4) is 0 Å². The van der Waals surface area contributed by atoms with Crippen LogP contribution in [0.25, 0.3) is 0 Å². The van der Waals surface area contributed by atoms with Gasteiger partial charge < -0.3 is 18.4 Å². The number of nitrogens with zero attached hydrogens (tertiary/aromatic N) is 2. The van der Waals surface area contributed by atoms with E-state index in [1.54, 1.807) is 24.3 Å². The van der Waals surface area contributed by atoms with E-state index >= 15 is 0 Å². The van der Waals surface area contributed by atoms with E-state index in [4.69, 9.17) is 9.47 Å². The number of carbonyl (C=O) groups is 2. The number of ether oxygens (including phenoxy) is 2. The molecule has 0 saturated carbocycles. The molecule has 0 spiro atoms. The Balaban J connectivity index is 2.69. The van der Waals surface area contributed by atoms with E-state index in [1.807, 2.05) is 42.3 Å². The Kier molecular flexibility index (Phi) is 6.93. The number of rotatable bonds is 8. The van der Waals surface area contributed by atoms with Crippen LogP contribution in [0.2, 0.25) is 0 Å². The van der Waals surface area contributed by atoms with Gasteiger partial charge in [-0.05, 0) is 12.1 Å². The first-order valence-electron chi connectivity index (χ1n) is 8.04. The third-order valence-corrected chi connectivity index (χ3v) is 3.36. The summed E-state index contributed by atoms with van der Waals surface area (Å²) in [5.74, 6) is -0.995. The van der Waals surface area contributed by atoms with Gasteiger partial charge >= 0.3 is 11.9 Å². The molecular weight excluding hydrogens is 308 g/mol. The van der Waals surface area contributed by atoms with Gasteiger partial charge in [-0.2, -0.15) is 0 Å². The summed E-state index contributed by atoms with van der Waals surface area (Å²) >= 11 is 0. The van der Waals surface area contributed by atoms with Crippen LogP contribution < -0.4 is 0 Å². The standard InChI is InChI=1S/C18H30N2O4/c1-19(2,3)11-13-23-17(21)15-9-7-8-10-16(15)18(22)24-14-12-20(4,5)6/h7-10H,11-14H2,1-6H3/q+2. The Morgan fingerprint density at radius 3 is 1.38 bits per heavy atom. The third kappa shape index (κ3) is 7.57. The van der Waals surface area contributed by atoms with E-state index in [0.717, 1.165) is 0 Å². The number of carbonyl (C=O) groups excluding carboxylic acids is 2. The third-order valence-electron chi connectivity index (χ3n) is 3.36. The molecule has 0 fully saturated rings. The molecule has 0 unspecified atom stereocenters. The first-order chi connectivity index (χ1) is 11.0. The molecule has 0 amide bonds. The van der Waals surface area contributed by atoms with Gasteiger partial charge in [-0.1, -0.05) is 12.1 Å². The molecule has 0 aliphatic heterocycles. The first kappa shape index (κ1) is 20.1. The molecule has 0 atom stereocenters. The molecule has 0 radical (unpaired) electrons. The highest BCUT2D eigenvalue weighted by molar-refractivity contribution is 6.03. The van der Waals surface area contributed by atoms with E-state index in [9.17, 15) is 9.59 Å². The van der Waals surface area contributed by atoms with Crippen LogP contribution >= 0.6 is 0 Å². The number of hydrogen-bond acceptors (Lipinski definition) is 4.